The second kappa shape index (κ2) is 10.4. The molecule has 2 aliphatic heterocycles. The van der Waals surface area contributed by atoms with Crippen LogP contribution in [0.2, 0.25) is 0 Å². The van der Waals surface area contributed by atoms with Crippen LogP contribution in [0.3, 0.4) is 0 Å². The molecule has 1 unspecified atom stereocenters. The molecule has 0 aliphatic carbocycles. The number of hydrogen-bond donors (Lipinski definition) is 2. The van der Waals surface area contributed by atoms with E-state index in [4.69, 9.17) is 10.7 Å². The van der Waals surface area contributed by atoms with Gasteiger partial charge in [0.15, 0.2) is 0 Å². The highest BCUT2D eigenvalue weighted by Gasteiger charge is 2.26. The van der Waals surface area contributed by atoms with Crippen LogP contribution in [0.15, 0.2) is 57.6 Å². The molecule has 1 atom stereocenters. The van der Waals surface area contributed by atoms with Crippen molar-refractivity contribution in [3.63, 3.8) is 0 Å². The van der Waals surface area contributed by atoms with Gasteiger partial charge in [-0.15, -0.1) is 0 Å². The largest absolute Gasteiger partial charge is 0.477 e. The summed E-state index contributed by atoms with van der Waals surface area (Å²) in [7, 11) is 3.88. The third-order valence-corrected chi connectivity index (χ3v) is 7.07. The Balaban J connectivity index is 1.63. The van der Waals surface area contributed by atoms with Crippen LogP contribution < -0.4 is 5.73 Å². The van der Waals surface area contributed by atoms with E-state index in [1.807, 2.05) is 12.3 Å². The van der Waals surface area contributed by atoms with Crippen LogP contribution in [-0.2, 0) is 20.0 Å². The van der Waals surface area contributed by atoms with Crippen molar-refractivity contribution >= 4 is 34.4 Å². The average Bonchev–Trinajstić information content (AvgIpc) is 3.20. The predicted octanol–water partition coefficient (Wildman–Crippen LogP) is 3.49. The lowest BCUT2D eigenvalue weighted by Gasteiger charge is -2.38. The molecule has 9 heteroatoms. The number of amidine groups is 1. The molecule has 0 radical (unpaired) electrons. The fraction of sp³-hybridized carbons (Fsp3) is 0.385. The van der Waals surface area contributed by atoms with Crippen LogP contribution in [0.25, 0.3) is 11.1 Å². The molecule has 2 aromatic rings. The van der Waals surface area contributed by atoms with Crippen molar-refractivity contribution in [3.8, 4) is 11.1 Å². The third-order valence-electron chi connectivity index (χ3n) is 6.83. The molecule has 4 rings (SSSR count). The van der Waals surface area contributed by atoms with Crippen molar-refractivity contribution in [3.05, 3.63) is 69.5 Å². The highest BCUT2D eigenvalue weighted by Crippen LogP contribution is 2.30. The van der Waals surface area contributed by atoms with E-state index in [0.29, 0.717) is 10.2 Å². The Morgan fingerprint density at radius 3 is 2.51 bits per heavy atom. The second-order valence-corrected chi connectivity index (χ2v) is 10.6. The number of halogens is 1. The Hall–Kier alpha value is -2.79. The molecule has 3 heterocycles. The van der Waals surface area contributed by atoms with Crippen LogP contribution in [0.5, 0.6) is 0 Å². The molecule has 1 saturated heterocycles. The molecule has 35 heavy (non-hydrogen) atoms. The number of aromatic nitrogens is 1. The zero-order chi connectivity index (χ0) is 25.3. The van der Waals surface area contributed by atoms with Gasteiger partial charge >= 0.3 is 5.97 Å². The molecule has 3 N–H and O–H groups in total. The van der Waals surface area contributed by atoms with Gasteiger partial charge in [-0.05, 0) is 71.8 Å². The molecule has 2 aliphatic rings. The first-order valence-corrected chi connectivity index (χ1v) is 12.8. The molecular formula is C26H33IN6O2. The minimum absolute atomic E-state index is 0.245. The van der Waals surface area contributed by atoms with Gasteiger partial charge in [0.1, 0.15) is 17.4 Å². The minimum atomic E-state index is -0.929. The van der Waals surface area contributed by atoms with Crippen molar-refractivity contribution in [1.29, 1.82) is 0 Å². The lowest BCUT2D eigenvalue weighted by molar-refractivity contribution is 0.0686. The molecule has 186 valence electrons. The van der Waals surface area contributed by atoms with Crippen molar-refractivity contribution in [2.75, 3.05) is 33.2 Å². The zero-order valence-corrected chi connectivity index (χ0v) is 22.7. The van der Waals surface area contributed by atoms with Gasteiger partial charge in [-0.1, -0.05) is 18.7 Å². The van der Waals surface area contributed by atoms with Gasteiger partial charge in [-0.25, -0.2) is 9.79 Å². The third kappa shape index (κ3) is 5.72. The summed E-state index contributed by atoms with van der Waals surface area (Å²) in [6, 6.07) is 8.37. The van der Waals surface area contributed by atoms with Crippen LogP contribution in [0.4, 0.5) is 0 Å². The SMILES string of the molecule is C=C(I)/N=C(\C=C(/N)N1CCN(C)CC1)N1Cc2cc(-c3cc(C(=O)O)n(C)c3)ccc2CC1C. The van der Waals surface area contributed by atoms with Crippen LogP contribution in [0, 0.1) is 0 Å². The summed E-state index contributed by atoms with van der Waals surface area (Å²) in [5.74, 6) is 0.616. The van der Waals surface area contributed by atoms with Gasteiger partial charge in [0.25, 0.3) is 0 Å². The summed E-state index contributed by atoms with van der Waals surface area (Å²) in [5, 5.41) is 9.42. The van der Waals surface area contributed by atoms with Crippen molar-refractivity contribution in [2.24, 2.45) is 17.8 Å². The maximum atomic E-state index is 11.5. The number of piperazine rings is 1. The number of benzene rings is 1. The Bertz CT molecular complexity index is 1190. The molecule has 0 bridgehead atoms. The average molecular weight is 588 g/mol. The Kier molecular flexibility index (Phi) is 7.56. The molecule has 0 spiro atoms. The van der Waals surface area contributed by atoms with E-state index < -0.39 is 5.97 Å². The molecule has 8 nitrogen and oxygen atoms in total. The summed E-state index contributed by atoms with van der Waals surface area (Å²) >= 11 is 2.14. The van der Waals surface area contributed by atoms with Gasteiger partial charge in [0.2, 0.25) is 0 Å². The molecule has 1 aromatic heterocycles. The summed E-state index contributed by atoms with van der Waals surface area (Å²) in [6.45, 7) is 10.7. The Morgan fingerprint density at radius 1 is 1.17 bits per heavy atom. The number of carboxylic acids is 1. The van der Waals surface area contributed by atoms with E-state index >= 15 is 0 Å². The summed E-state index contributed by atoms with van der Waals surface area (Å²) in [6.07, 6.45) is 4.73. The lowest BCUT2D eigenvalue weighted by atomic mass is 9.92. The fourth-order valence-electron chi connectivity index (χ4n) is 4.75. The van der Waals surface area contributed by atoms with E-state index in [1.165, 1.54) is 11.1 Å². The molecule has 0 saturated carbocycles. The number of aryl methyl sites for hydroxylation is 1. The monoisotopic (exact) mass is 588 g/mol. The standard InChI is InChI=1S/C26H33IN6O2/c1-17-11-19-5-6-20(22-13-23(26(34)35)31(4)15-22)12-21(19)16-33(17)25(29-18(2)27)14-24(28)32-9-7-30(3)8-10-32/h5-6,12-15,17H,2,7-11,16,28H2,1,3-4H3,(H,34,35)/b24-14+,29-25+. The first-order chi connectivity index (χ1) is 16.6. The van der Waals surface area contributed by atoms with E-state index in [-0.39, 0.29) is 11.7 Å². The van der Waals surface area contributed by atoms with Crippen LogP contribution in [0.1, 0.15) is 28.5 Å². The van der Waals surface area contributed by atoms with Gasteiger partial charge in [-0.3, -0.25) is 0 Å². The van der Waals surface area contributed by atoms with Gasteiger partial charge in [0.05, 0.1) is 3.70 Å². The first-order valence-electron chi connectivity index (χ1n) is 11.7. The number of fused-ring (bicyclic) bond motifs is 1. The van der Waals surface area contributed by atoms with Crippen LogP contribution >= 0.6 is 22.6 Å². The normalized spacial score (nSPS) is 19.6. The Morgan fingerprint density at radius 2 is 1.89 bits per heavy atom. The minimum Gasteiger partial charge on any atom is -0.477 e. The van der Waals surface area contributed by atoms with Crippen molar-refractivity contribution in [1.82, 2.24) is 19.3 Å². The Labute approximate surface area is 220 Å². The quantitative estimate of drug-likeness (QED) is 0.241. The number of rotatable bonds is 5. The maximum Gasteiger partial charge on any atom is 0.352 e. The van der Waals surface area contributed by atoms with E-state index in [1.54, 1.807) is 17.7 Å². The zero-order valence-electron chi connectivity index (χ0n) is 20.5. The topological polar surface area (TPSA) is 90.3 Å². The van der Waals surface area contributed by atoms with E-state index in [2.05, 4.69) is 76.0 Å². The molecule has 1 aromatic carbocycles. The van der Waals surface area contributed by atoms with E-state index in [0.717, 1.165) is 55.4 Å². The lowest BCUT2D eigenvalue weighted by Crippen LogP contribution is -2.46. The predicted molar refractivity (Wildman–Crippen MR) is 148 cm³/mol. The molecule has 0 amide bonds. The summed E-state index contributed by atoms with van der Waals surface area (Å²) in [5.41, 5.74) is 11.2. The highest BCUT2D eigenvalue weighted by molar-refractivity contribution is 14.1. The second-order valence-electron chi connectivity index (χ2n) is 9.40. The van der Waals surface area contributed by atoms with E-state index in [9.17, 15) is 9.90 Å². The first kappa shape index (κ1) is 25.3. The number of hydrogen-bond acceptors (Lipinski definition) is 5. The molecular weight excluding hydrogens is 555 g/mol. The number of carboxylic acid groups (broad SMARTS) is 1. The number of nitrogens with two attached hydrogens (primary N) is 1. The van der Waals surface area contributed by atoms with Gasteiger partial charge in [0, 0.05) is 63.6 Å². The smallest absolute Gasteiger partial charge is 0.352 e. The van der Waals surface area contributed by atoms with Gasteiger partial charge < -0.3 is 30.1 Å². The maximum absolute atomic E-state index is 11.5. The van der Waals surface area contributed by atoms with Crippen molar-refractivity contribution in [2.45, 2.75) is 25.9 Å². The highest BCUT2D eigenvalue weighted by atomic mass is 127. The number of aliphatic imine (C=N–C) groups is 1. The number of likely N-dealkylation sites (N-methyl/N-ethyl adjacent to an activating group) is 1. The summed E-state index contributed by atoms with van der Waals surface area (Å²) in [4.78, 5) is 23.0. The number of nitrogens with zero attached hydrogens (tertiary/aromatic N) is 5. The fourth-order valence-corrected chi connectivity index (χ4v) is 5.00. The number of carbonyl (C=O) groups is 1. The van der Waals surface area contributed by atoms with Crippen molar-refractivity contribution < 1.29 is 9.90 Å². The summed E-state index contributed by atoms with van der Waals surface area (Å²) < 4.78 is 2.35. The van der Waals surface area contributed by atoms with Crippen LogP contribution in [-0.4, -0.2) is 75.4 Å². The number of aromatic carboxylic acids is 1. The van der Waals surface area contributed by atoms with Gasteiger partial charge in [-0.2, -0.15) is 0 Å². The molecule has 1 fully saturated rings.